The fourth-order valence-corrected chi connectivity index (χ4v) is 4.17. The van der Waals surface area contributed by atoms with Gasteiger partial charge in [0, 0.05) is 38.0 Å². The molecule has 3 N–H and O–H groups in total. The van der Waals surface area contributed by atoms with Crippen LogP contribution in [0.25, 0.3) is 11.1 Å². The normalized spacial score (nSPS) is 13.5. The average Bonchev–Trinajstić information content (AvgIpc) is 3.12. The molecule has 0 fully saturated rings. The first-order valence-corrected chi connectivity index (χ1v) is 11.4. The van der Waals surface area contributed by atoms with E-state index in [-0.39, 0.29) is 37.8 Å². The summed E-state index contributed by atoms with van der Waals surface area (Å²) in [5, 5.41) is 14.5. The smallest absolute Gasteiger partial charge is 0.407 e. The van der Waals surface area contributed by atoms with Gasteiger partial charge in [-0.25, -0.2) is 9.59 Å². The second-order valence-electron chi connectivity index (χ2n) is 9.04. The molecule has 1 aliphatic carbocycles. The van der Waals surface area contributed by atoms with Crippen LogP contribution >= 0.6 is 0 Å². The summed E-state index contributed by atoms with van der Waals surface area (Å²) in [7, 11) is 1.32. The number of carbonyl (C=O) groups excluding carboxylic acids is 2. The molecular formula is C26H32N2O6. The van der Waals surface area contributed by atoms with Crippen molar-refractivity contribution in [2.75, 3.05) is 20.3 Å². The highest BCUT2D eigenvalue weighted by Crippen LogP contribution is 2.44. The van der Waals surface area contributed by atoms with Crippen molar-refractivity contribution in [1.29, 1.82) is 0 Å². The van der Waals surface area contributed by atoms with Crippen molar-refractivity contribution in [1.82, 2.24) is 10.6 Å². The molecule has 1 unspecified atom stereocenters. The van der Waals surface area contributed by atoms with Gasteiger partial charge < -0.3 is 25.2 Å². The number of carboxylic acids is 1. The second kappa shape index (κ2) is 11.2. The van der Waals surface area contributed by atoms with E-state index in [0.29, 0.717) is 6.42 Å². The molecule has 8 heteroatoms. The molecule has 8 nitrogen and oxygen atoms in total. The molecule has 0 heterocycles. The molecule has 2 aromatic rings. The number of methoxy groups -OCH3 is 1. The predicted molar refractivity (Wildman–Crippen MR) is 128 cm³/mol. The molecule has 0 saturated carbocycles. The Kier molecular flexibility index (Phi) is 8.28. The molecule has 0 saturated heterocycles. The molecule has 0 bridgehead atoms. The first-order valence-electron chi connectivity index (χ1n) is 11.4. The van der Waals surface area contributed by atoms with Crippen molar-refractivity contribution in [3.63, 3.8) is 0 Å². The van der Waals surface area contributed by atoms with Crippen molar-refractivity contribution >= 4 is 18.0 Å². The van der Waals surface area contributed by atoms with Crippen LogP contribution in [0.15, 0.2) is 48.5 Å². The van der Waals surface area contributed by atoms with E-state index in [9.17, 15) is 14.4 Å². The third kappa shape index (κ3) is 6.35. The number of hydrogen-bond donors (Lipinski definition) is 3. The minimum Gasteiger partial charge on any atom is -0.479 e. The summed E-state index contributed by atoms with van der Waals surface area (Å²) >= 11 is 0. The minimum absolute atomic E-state index is 0.0197. The summed E-state index contributed by atoms with van der Waals surface area (Å²) in [4.78, 5) is 35.6. The highest BCUT2D eigenvalue weighted by Gasteiger charge is 2.30. The number of fused-ring (bicyclic) bond motifs is 3. The zero-order valence-electron chi connectivity index (χ0n) is 19.8. The lowest BCUT2D eigenvalue weighted by molar-refractivity contribution is -0.149. The van der Waals surface area contributed by atoms with Gasteiger partial charge in [-0.3, -0.25) is 4.79 Å². The van der Waals surface area contributed by atoms with E-state index >= 15 is 0 Å². The Hall–Kier alpha value is -3.39. The van der Waals surface area contributed by atoms with E-state index in [1.165, 1.54) is 18.2 Å². The summed E-state index contributed by atoms with van der Waals surface area (Å²) < 4.78 is 10.4. The van der Waals surface area contributed by atoms with Crippen LogP contribution in [0.5, 0.6) is 0 Å². The average molecular weight is 469 g/mol. The van der Waals surface area contributed by atoms with Gasteiger partial charge in [-0.2, -0.15) is 0 Å². The molecule has 182 valence electrons. The zero-order valence-corrected chi connectivity index (χ0v) is 19.8. The molecule has 34 heavy (non-hydrogen) atoms. The van der Waals surface area contributed by atoms with Crippen LogP contribution in [0.4, 0.5) is 4.79 Å². The molecular weight excluding hydrogens is 436 g/mol. The highest BCUT2D eigenvalue weighted by molar-refractivity contribution is 5.79. The lowest BCUT2D eigenvalue weighted by atomic mass is 9.98. The first kappa shape index (κ1) is 25.2. The second-order valence-corrected chi connectivity index (χ2v) is 9.04. The van der Waals surface area contributed by atoms with Crippen LogP contribution in [0.3, 0.4) is 0 Å². The Morgan fingerprint density at radius 2 is 1.62 bits per heavy atom. The van der Waals surface area contributed by atoms with E-state index in [1.54, 1.807) is 0 Å². The Morgan fingerprint density at radius 1 is 1.03 bits per heavy atom. The molecule has 0 aromatic heterocycles. The minimum atomic E-state index is -1.06. The monoisotopic (exact) mass is 468 g/mol. The number of carbonyl (C=O) groups is 3. The number of amides is 2. The van der Waals surface area contributed by atoms with E-state index < -0.39 is 23.7 Å². The maximum absolute atomic E-state index is 12.5. The van der Waals surface area contributed by atoms with Crippen LogP contribution in [-0.2, 0) is 19.1 Å². The SMILES string of the molecule is COC(CCNC(=O)CCC(C)(C)NC(=O)OCC1c2ccccc2-c2ccccc21)C(=O)O. The third-order valence-corrected chi connectivity index (χ3v) is 6.05. The highest BCUT2D eigenvalue weighted by atomic mass is 16.5. The third-order valence-electron chi connectivity index (χ3n) is 6.05. The number of hydrogen-bond acceptors (Lipinski definition) is 5. The summed E-state index contributed by atoms with van der Waals surface area (Å²) in [6.07, 6.45) is -0.723. The Labute approximate surface area is 199 Å². The molecule has 0 aliphatic heterocycles. The number of carboxylic acid groups (broad SMARTS) is 1. The predicted octanol–water partition coefficient (Wildman–Crippen LogP) is 3.69. The summed E-state index contributed by atoms with van der Waals surface area (Å²) in [5.41, 5.74) is 3.96. The topological polar surface area (TPSA) is 114 Å². The number of ether oxygens (including phenoxy) is 2. The zero-order chi connectivity index (χ0) is 24.7. The van der Waals surface area contributed by atoms with Gasteiger partial charge in [0.25, 0.3) is 0 Å². The standard InChI is InChI=1S/C26H32N2O6/c1-26(2,14-12-23(29)27-15-13-22(33-3)24(30)31)28-25(32)34-16-21-19-10-6-4-8-17(19)18-9-5-7-11-20(18)21/h4-11,21-22H,12-16H2,1-3H3,(H,27,29)(H,28,32)(H,30,31). The molecule has 3 rings (SSSR count). The van der Waals surface area contributed by atoms with Gasteiger partial charge in [-0.15, -0.1) is 0 Å². The molecule has 1 atom stereocenters. The van der Waals surface area contributed by atoms with Crippen molar-refractivity contribution in [2.24, 2.45) is 0 Å². The number of alkyl carbamates (subject to hydrolysis) is 1. The molecule has 2 aromatic carbocycles. The largest absolute Gasteiger partial charge is 0.479 e. The summed E-state index contributed by atoms with van der Waals surface area (Å²) in [6, 6.07) is 16.3. The summed E-state index contributed by atoms with van der Waals surface area (Å²) in [5.74, 6) is -1.30. The van der Waals surface area contributed by atoms with Crippen LogP contribution in [0.1, 0.15) is 50.2 Å². The van der Waals surface area contributed by atoms with Gasteiger partial charge in [0.05, 0.1) is 0 Å². The van der Waals surface area contributed by atoms with Crippen LogP contribution in [0.2, 0.25) is 0 Å². The number of benzene rings is 2. The van der Waals surface area contributed by atoms with Gasteiger partial charge in [0.15, 0.2) is 6.10 Å². The van der Waals surface area contributed by atoms with Gasteiger partial charge in [-0.1, -0.05) is 48.5 Å². The number of aliphatic carboxylic acids is 1. The molecule has 2 amide bonds. The lowest BCUT2D eigenvalue weighted by Crippen LogP contribution is -2.44. The van der Waals surface area contributed by atoms with Crippen LogP contribution in [0, 0.1) is 0 Å². The van der Waals surface area contributed by atoms with Crippen LogP contribution in [-0.4, -0.2) is 55.0 Å². The Balaban J connectivity index is 1.45. The van der Waals surface area contributed by atoms with Crippen LogP contribution < -0.4 is 10.6 Å². The maximum Gasteiger partial charge on any atom is 0.407 e. The van der Waals surface area contributed by atoms with E-state index in [0.717, 1.165) is 11.1 Å². The van der Waals surface area contributed by atoms with Gasteiger partial charge >= 0.3 is 12.1 Å². The Bertz CT molecular complexity index is 990. The Morgan fingerprint density at radius 3 is 2.18 bits per heavy atom. The maximum atomic E-state index is 12.5. The fraction of sp³-hybridized carbons (Fsp3) is 0.423. The van der Waals surface area contributed by atoms with Gasteiger partial charge in [-0.05, 0) is 42.5 Å². The summed E-state index contributed by atoms with van der Waals surface area (Å²) in [6.45, 7) is 4.07. The van der Waals surface area contributed by atoms with Crippen molar-refractivity contribution in [2.45, 2.75) is 50.7 Å². The van der Waals surface area contributed by atoms with E-state index in [2.05, 4.69) is 34.9 Å². The number of rotatable bonds is 11. The fourth-order valence-electron chi connectivity index (χ4n) is 4.17. The van der Waals surface area contributed by atoms with Crippen molar-refractivity contribution in [3.8, 4) is 11.1 Å². The quantitative estimate of drug-likeness (QED) is 0.464. The van der Waals surface area contributed by atoms with Gasteiger partial charge in [0.1, 0.15) is 6.61 Å². The van der Waals surface area contributed by atoms with E-state index in [1.807, 2.05) is 38.1 Å². The molecule has 0 radical (unpaired) electrons. The molecule has 1 aliphatic rings. The van der Waals surface area contributed by atoms with Crippen molar-refractivity contribution < 1.29 is 29.0 Å². The first-order chi connectivity index (χ1) is 16.2. The van der Waals surface area contributed by atoms with Crippen molar-refractivity contribution in [3.05, 3.63) is 59.7 Å². The van der Waals surface area contributed by atoms with E-state index in [4.69, 9.17) is 14.6 Å². The number of nitrogens with one attached hydrogen (secondary N) is 2. The molecule has 0 spiro atoms. The van der Waals surface area contributed by atoms with Gasteiger partial charge in [0.2, 0.25) is 5.91 Å². The lowest BCUT2D eigenvalue weighted by Gasteiger charge is -2.26.